The molecule has 7 rings (SSSR count). The SMILES string of the molecule is C=C1C(=O)C23[C@H](OC(=O)c4ccccc4Br)[C@H]1CC[C@H]2C12CO[C@@]3(O)[C@@H](O)[C@@H]1C(C)(C)CCC2=O. The first-order valence-electron chi connectivity index (χ1n) is 12.2. The van der Waals surface area contributed by atoms with Crippen LogP contribution < -0.4 is 0 Å². The van der Waals surface area contributed by atoms with Crippen molar-refractivity contribution in [1.29, 1.82) is 0 Å². The van der Waals surface area contributed by atoms with E-state index in [9.17, 15) is 24.6 Å². The van der Waals surface area contributed by atoms with Gasteiger partial charge in [0.25, 0.3) is 0 Å². The molecule has 0 aromatic heterocycles. The highest BCUT2D eigenvalue weighted by Crippen LogP contribution is 2.76. The molecule has 2 aliphatic heterocycles. The molecule has 4 bridgehead atoms. The largest absolute Gasteiger partial charge is 0.457 e. The number of aliphatic hydroxyl groups excluding tert-OH is 1. The van der Waals surface area contributed by atoms with Gasteiger partial charge in [0.1, 0.15) is 23.4 Å². The van der Waals surface area contributed by atoms with E-state index < -0.39 is 63.7 Å². The van der Waals surface area contributed by atoms with Gasteiger partial charge in [-0.2, -0.15) is 0 Å². The lowest BCUT2D eigenvalue weighted by atomic mass is 9.36. The molecule has 1 aromatic carbocycles. The fourth-order valence-corrected chi connectivity index (χ4v) is 9.02. The molecule has 35 heavy (non-hydrogen) atoms. The van der Waals surface area contributed by atoms with Crippen LogP contribution >= 0.6 is 15.9 Å². The van der Waals surface area contributed by atoms with Crippen molar-refractivity contribution < 1.29 is 34.1 Å². The molecular formula is C27H29BrO7. The third-order valence-electron chi connectivity index (χ3n) is 9.95. The minimum Gasteiger partial charge on any atom is -0.457 e. The van der Waals surface area contributed by atoms with Crippen LogP contribution in [-0.4, -0.2) is 52.4 Å². The maximum Gasteiger partial charge on any atom is 0.339 e. The van der Waals surface area contributed by atoms with Crippen molar-refractivity contribution in [2.24, 2.45) is 34.0 Å². The maximum atomic E-state index is 14.1. The number of esters is 1. The Morgan fingerprint density at radius 3 is 2.66 bits per heavy atom. The zero-order valence-electron chi connectivity index (χ0n) is 19.8. The lowest BCUT2D eigenvalue weighted by molar-refractivity contribution is -0.436. The summed E-state index contributed by atoms with van der Waals surface area (Å²) in [5.41, 5.74) is -2.85. The molecule has 186 valence electrons. The van der Waals surface area contributed by atoms with E-state index in [1.807, 2.05) is 13.8 Å². The van der Waals surface area contributed by atoms with Crippen LogP contribution in [0, 0.1) is 34.0 Å². The number of ketones is 2. The summed E-state index contributed by atoms with van der Waals surface area (Å²) in [6.07, 6.45) is -0.727. The van der Waals surface area contributed by atoms with Gasteiger partial charge in [-0.25, -0.2) is 4.79 Å². The quantitative estimate of drug-likeness (QED) is 0.434. The highest BCUT2D eigenvalue weighted by molar-refractivity contribution is 9.10. The topological polar surface area (TPSA) is 110 Å². The molecule has 2 heterocycles. The predicted octanol–water partition coefficient (Wildman–Crippen LogP) is 3.21. The van der Waals surface area contributed by atoms with Crippen molar-refractivity contribution in [2.75, 3.05) is 6.61 Å². The number of halogens is 1. The molecule has 2 N–H and O–H groups in total. The minimum atomic E-state index is -2.30. The number of carbonyl (C=O) groups excluding carboxylic acids is 3. The van der Waals surface area contributed by atoms with Gasteiger partial charge in [-0.15, -0.1) is 0 Å². The Balaban J connectivity index is 1.55. The van der Waals surface area contributed by atoms with Crippen LogP contribution in [0.25, 0.3) is 0 Å². The normalized spacial score (nSPS) is 45.2. The van der Waals surface area contributed by atoms with Gasteiger partial charge in [-0.3, -0.25) is 9.59 Å². The molecule has 4 saturated carbocycles. The Hall–Kier alpha value is -1.87. The van der Waals surface area contributed by atoms with Gasteiger partial charge >= 0.3 is 5.97 Å². The van der Waals surface area contributed by atoms with E-state index in [1.54, 1.807) is 24.3 Å². The molecular weight excluding hydrogens is 516 g/mol. The minimum absolute atomic E-state index is 0.0494. The third kappa shape index (κ3) is 2.49. The van der Waals surface area contributed by atoms with Crippen LogP contribution in [0.4, 0.5) is 0 Å². The molecule has 2 saturated heterocycles. The average Bonchev–Trinajstić information content (AvgIpc) is 2.93. The van der Waals surface area contributed by atoms with Gasteiger partial charge < -0.3 is 19.7 Å². The monoisotopic (exact) mass is 544 g/mol. The van der Waals surface area contributed by atoms with Crippen LogP contribution in [0.3, 0.4) is 0 Å². The lowest BCUT2D eigenvalue weighted by Gasteiger charge is -2.72. The third-order valence-corrected chi connectivity index (χ3v) is 10.6. The summed E-state index contributed by atoms with van der Waals surface area (Å²) in [5, 5.41) is 23.9. The molecule has 8 heteroatoms. The Bertz CT molecular complexity index is 1190. The van der Waals surface area contributed by atoms with Crippen molar-refractivity contribution in [2.45, 2.75) is 57.5 Å². The zero-order chi connectivity index (χ0) is 25.1. The number of carbonyl (C=O) groups is 3. The molecule has 4 aliphatic carbocycles. The smallest absolute Gasteiger partial charge is 0.339 e. The molecule has 1 aromatic rings. The summed E-state index contributed by atoms with van der Waals surface area (Å²) in [7, 11) is 0. The zero-order valence-corrected chi connectivity index (χ0v) is 21.3. The summed E-state index contributed by atoms with van der Waals surface area (Å²) in [6.45, 7) is 7.95. The fourth-order valence-electron chi connectivity index (χ4n) is 8.57. The van der Waals surface area contributed by atoms with Gasteiger partial charge in [0.2, 0.25) is 5.79 Å². The van der Waals surface area contributed by atoms with E-state index in [0.717, 1.165) is 0 Å². The second kappa shape index (κ2) is 7.12. The lowest BCUT2D eigenvalue weighted by Crippen LogP contribution is -2.85. The van der Waals surface area contributed by atoms with E-state index >= 15 is 0 Å². The van der Waals surface area contributed by atoms with Crippen molar-refractivity contribution in [3.63, 3.8) is 0 Å². The highest BCUT2D eigenvalue weighted by atomic mass is 79.9. The number of rotatable bonds is 2. The Kier molecular flexibility index (Phi) is 4.79. The number of hydrogen-bond donors (Lipinski definition) is 2. The van der Waals surface area contributed by atoms with E-state index in [0.29, 0.717) is 30.2 Å². The first-order valence-corrected chi connectivity index (χ1v) is 13.0. The number of ether oxygens (including phenoxy) is 2. The van der Waals surface area contributed by atoms with Crippen LogP contribution in [0.2, 0.25) is 0 Å². The number of Topliss-reactive ketones (excluding diaryl/α,β-unsaturated/α-hetero) is 2. The first kappa shape index (κ1) is 23.5. The fraction of sp³-hybridized carbons (Fsp3) is 0.593. The average molecular weight is 545 g/mol. The number of hydrogen-bond acceptors (Lipinski definition) is 7. The summed E-state index contributed by atoms with van der Waals surface area (Å²) < 4.78 is 12.6. The number of aliphatic hydroxyl groups is 2. The Labute approximate surface area is 212 Å². The van der Waals surface area contributed by atoms with E-state index in [-0.39, 0.29) is 23.5 Å². The summed E-state index contributed by atoms with van der Waals surface area (Å²) in [4.78, 5) is 41.1. The molecule has 7 nitrogen and oxygen atoms in total. The van der Waals surface area contributed by atoms with E-state index in [2.05, 4.69) is 22.5 Å². The molecule has 2 spiro atoms. The van der Waals surface area contributed by atoms with E-state index in [1.165, 1.54) is 0 Å². The van der Waals surface area contributed by atoms with Crippen LogP contribution in [-0.2, 0) is 19.1 Å². The maximum absolute atomic E-state index is 14.1. The van der Waals surface area contributed by atoms with Gasteiger partial charge in [-0.05, 0) is 64.2 Å². The molecule has 2 unspecified atom stereocenters. The number of benzene rings is 1. The van der Waals surface area contributed by atoms with Crippen LogP contribution in [0.5, 0.6) is 0 Å². The second-order valence-corrected chi connectivity index (χ2v) is 12.5. The summed E-state index contributed by atoms with van der Waals surface area (Å²) in [5.74, 6) is -5.20. The highest BCUT2D eigenvalue weighted by Gasteiger charge is 2.88. The van der Waals surface area contributed by atoms with Gasteiger partial charge in [-0.1, -0.05) is 32.6 Å². The van der Waals surface area contributed by atoms with Crippen molar-refractivity contribution in [3.8, 4) is 0 Å². The number of fused-ring (bicyclic) bond motifs is 2. The second-order valence-electron chi connectivity index (χ2n) is 11.6. The van der Waals surface area contributed by atoms with Crippen molar-refractivity contribution in [1.82, 2.24) is 0 Å². The Morgan fingerprint density at radius 2 is 1.94 bits per heavy atom. The molecule has 0 radical (unpaired) electrons. The summed E-state index contributed by atoms with van der Waals surface area (Å²) in [6, 6.07) is 6.80. The van der Waals surface area contributed by atoms with Crippen LogP contribution in [0.1, 0.15) is 49.9 Å². The van der Waals surface area contributed by atoms with E-state index in [4.69, 9.17) is 9.47 Å². The van der Waals surface area contributed by atoms with Gasteiger partial charge in [0.05, 0.1) is 17.6 Å². The molecule has 6 aliphatic rings. The molecule has 0 amide bonds. The predicted molar refractivity (Wildman–Crippen MR) is 127 cm³/mol. The summed E-state index contributed by atoms with van der Waals surface area (Å²) >= 11 is 3.37. The van der Waals surface area contributed by atoms with Crippen molar-refractivity contribution >= 4 is 33.5 Å². The Morgan fingerprint density at radius 1 is 1.23 bits per heavy atom. The van der Waals surface area contributed by atoms with Gasteiger partial charge in [0, 0.05) is 22.7 Å². The standard InChI is InChI=1S/C27H29BrO7/c1-13-14-8-9-17-25-12-34-27(33,21(31)19(25)24(2,3)11-10-18(25)29)26(17,20(13)30)22(14)35-23(32)15-6-4-5-7-16(15)28/h4-7,14,17,19,21-22,31,33H,1,8-12H2,2-3H3/t14-,17-,19+,21-,22+,25?,26?,27-/m0/s1. The first-order chi connectivity index (χ1) is 16.4. The van der Waals surface area contributed by atoms with Crippen LogP contribution in [0.15, 0.2) is 40.9 Å². The molecule has 6 fully saturated rings. The molecule has 8 atom stereocenters. The van der Waals surface area contributed by atoms with Crippen molar-refractivity contribution in [3.05, 3.63) is 46.5 Å². The van der Waals surface area contributed by atoms with Gasteiger partial charge in [0.15, 0.2) is 5.78 Å².